The van der Waals surface area contributed by atoms with Crippen molar-refractivity contribution in [2.24, 2.45) is 0 Å². The van der Waals surface area contributed by atoms with Gasteiger partial charge in [0.15, 0.2) is 0 Å². The summed E-state index contributed by atoms with van der Waals surface area (Å²) in [5, 5.41) is 0. The van der Waals surface area contributed by atoms with E-state index in [1.165, 1.54) is 5.56 Å². The van der Waals surface area contributed by atoms with Gasteiger partial charge in [0, 0.05) is 0 Å². The van der Waals surface area contributed by atoms with Crippen LogP contribution in [0.5, 0.6) is 0 Å². The van der Waals surface area contributed by atoms with Crippen LogP contribution < -0.4 is 0 Å². The third-order valence-electron chi connectivity index (χ3n) is 1.75. The van der Waals surface area contributed by atoms with E-state index in [9.17, 15) is 0 Å². The van der Waals surface area contributed by atoms with Crippen LogP contribution in [0.4, 0.5) is 0 Å². The first-order valence-corrected chi connectivity index (χ1v) is 4.20. The number of aryl methyl sites for hydroxylation is 1. The summed E-state index contributed by atoms with van der Waals surface area (Å²) in [5.41, 5.74) is 2.19. The molecule has 0 aliphatic heterocycles. The van der Waals surface area contributed by atoms with Gasteiger partial charge in [-0.1, -0.05) is 6.92 Å². The molecule has 0 nitrogen and oxygen atoms in total. The number of terminal acetylenes is 1. The molecule has 2 aromatic carbocycles. The molecule has 0 saturated heterocycles. The molecular formula is C13H12Fe. The second kappa shape index (κ2) is 7.21. The normalized spacial score (nSPS) is 7.71. The van der Waals surface area contributed by atoms with Crippen molar-refractivity contribution in [3.63, 3.8) is 0 Å². The van der Waals surface area contributed by atoms with E-state index < -0.39 is 0 Å². The summed E-state index contributed by atoms with van der Waals surface area (Å²) in [6.07, 6.45) is 5.15. The van der Waals surface area contributed by atoms with E-state index in [4.69, 9.17) is 6.42 Å². The van der Waals surface area contributed by atoms with Gasteiger partial charge in [0.25, 0.3) is 0 Å². The standard InChI is InChI=1S/C8H7.C5H5.Fe/c1-3-8-6-4-5-7(8)2;1-2-4-5-3-1;/h1,4-6H,2H3;1-5H;/q2*-1;+2. The van der Waals surface area contributed by atoms with Crippen molar-refractivity contribution in [3.05, 3.63) is 59.7 Å². The summed E-state index contributed by atoms with van der Waals surface area (Å²) in [4.78, 5) is 0. The molecule has 0 saturated carbocycles. The zero-order chi connectivity index (χ0) is 9.52. The summed E-state index contributed by atoms with van der Waals surface area (Å²) in [7, 11) is 0. The molecule has 2 rings (SSSR count). The van der Waals surface area contributed by atoms with E-state index in [-0.39, 0.29) is 17.1 Å². The summed E-state index contributed by atoms with van der Waals surface area (Å²) in [6, 6.07) is 15.9. The molecule has 0 radical (unpaired) electrons. The van der Waals surface area contributed by atoms with Crippen LogP contribution in [0.1, 0.15) is 11.1 Å². The quantitative estimate of drug-likeness (QED) is 0.366. The van der Waals surface area contributed by atoms with Crippen molar-refractivity contribution in [3.8, 4) is 12.3 Å². The predicted octanol–water partition coefficient (Wildman–Crippen LogP) is 3.10. The first kappa shape index (κ1) is 12.8. The van der Waals surface area contributed by atoms with Gasteiger partial charge in [0.05, 0.1) is 0 Å². The zero-order valence-corrected chi connectivity index (χ0v) is 9.15. The van der Waals surface area contributed by atoms with Gasteiger partial charge in [0.2, 0.25) is 0 Å². The van der Waals surface area contributed by atoms with Gasteiger partial charge in [-0.05, 0) is 0 Å². The van der Waals surface area contributed by atoms with Crippen LogP contribution >= 0.6 is 0 Å². The Labute approximate surface area is 96.2 Å². The summed E-state index contributed by atoms with van der Waals surface area (Å²) >= 11 is 0. The molecule has 0 bridgehead atoms. The molecule has 0 aliphatic carbocycles. The van der Waals surface area contributed by atoms with Crippen LogP contribution in [0.25, 0.3) is 0 Å². The maximum absolute atomic E-state index is 5.15. The van der Waals surface area contributed by atoms with Crippen molar-refractivity contribution in [2.45, 2.75) is 6.92 Å². The maximum atomic E-state index is 5.15. The minimum Gasteiger partial charge on any atom is -0.214 e. The number of hydrogen-bond donors (Lipinski definition) is 0. The Morgan fingerprint density at radius 1 is 1.29 bits per heavy atom. The second-order valence-electron chi connectivity index (χ2n) is 2.73. The van der Waals surface area contributed by atoms with Gasteiger partial charge in [-0.15, -0.1) is 11.1 Å². The first-order valence-electron chi connectivity index (χ1n) is 4.20. The molecule has 0 spiro atoms. The fourth-order valence-corrected chi connectivity index (χ4v) is 0.993. The Morgan fingerprint density at radius 2 is 1.93 bits per heavy atom. The van der Waals surface area contributed by atoms with E-state index in [1.54, 1.807) is 0 Å². The molecule has 0 N–H and O–H groups in total. The third kappa shape index (κ3) is 4.14. The third-order valence-corrected chi connectivity index (χ3v) is 1.75. The fourth-order valence-electron chi connectivity index (χ4n) is 0.993. The summed E-state index contributed by atoms with van der Waals surface area (Å²) in [5.74, 6) is 2.58. The van der Waals surface area contributed by atoms with Crippen molar-refractivity contribution in [2.75, 3.05) is 0 Å². The van der Waals surface area contributed by atoms with E-state index in [1.807, 2.05) is 55.5 Å². The predicted molar refractivity (Wildman–Crippen MR) is 56.7 cm³/mol. The van der Waals surface area contributed by atoms with Gasteiger partial charge in [-0.3, -0.25) is 0 Å². The Bertz CT molecular complexity index is 343. The van der Waals surface area contributed by atoms with E-state index in [2.05, 4.69) is 5.92 Å². The van der Waals surface area contributed by atoms with Crippen LogP contribution in [-0.4, -0.2) is 0 Å². The molecule has 0 amide bonds. The van der Waals surface area contributed by atoms with Crippen LogP contribution in [0, 0.1) is 19.3 Å². The minimum absolute atomic E-state index is 0. The Kier molecular flexibility index (Phi) is 6.58. The first-order chi connectivity index (χ1) is 6.34. The zero-order valence-electron chi connectivity index (χ0n) is 8.05. The summed E-state index contributed by atoms with van der Waals surface area (Å²) in [6.45, 7) is 2.01. The van der Waals surface area contributed by atoms with Crippen molar-refractivity contribution in [1.82, 2.24) is 0 Å². The van der Waals surface area contributed by atoms with Crippen LogP contribution in [0.2, 0.25) is 0 Å². The summed E-state index contributed by atoms with van der Waals surface area (Å²) < 4.78 is 0. The molecule has 0 fully saturated rings. The fraction of sp³-hybridized carbons (Fsp3) is 0.0769. The van der Waals surface area contributed by atoms with Gasteiger partial charge < -0.3 is 0 Å². The molecule has 0 unspecified atom stereocenters. The molecule has 0 atom stereocenters. The van der Waals surface area contributed by atoms with Gasteiger partial charge >= 0.3 is 17.1 Å². The number of hydrogen-bond acceptors (Lipinski definition) is 0. The molecule has 0 heterocycles. The average molecular weight is 224 g/mol. The molecule has 72 valence electrons. The number of rotatable bonds is 0. The molecule has 1 heteroatoms. The largest absolute Gasteiger partial charge is 2.00 e. The maximum Gasteiger partial charge on any atom is 2.00 e. The Hall–Kier alpha value is -1.22. The Morgan fingerprint density at radius 3 is 2.14 bits per heavy atom. The van der Waals surface area contributed by atoms with Crippen molar-refractivity contribution >= 4 is 0 Å². The molecule has 0 aromatic heterocycles. The monoisotopic (exact) mass is 224 g/mol. The van der Waals surface area contributed by atoms with Gasteiger partial charge in [-0.25, -0.2) is 12.1 Å². The van der Waals surface area contributed by atoms with Crippen LogP contribution in [-0.2, 0) is 17.1 Å². The van der Waals surface area contributed by atoms with Crippen LogP contribution in [0.15, 0.2) is 48.5 Å². The van der Waals surface area contributed by atoms with Gasteiger partial charge in [0.1, 0.15) is 0 Å². The van der Waals surface area contributed by atoms with Crippen molar-refractivity contribution < 1.29 is 17.1 Å². The molecule has 0 aliphatic rings. The van der Waals surface area contributed by atoms with E-state index in [0.717, 1.165) is 5.56 Å². The topological polar surface area (TPSA) is 0 Å². The smallest absolute Gasteiger partial charge is 0.214 e. The van der Waals surface area contributed by atoms with E-state index >= 15 is 0 Å². The van der Waals surface area contributed by atoms with Gasteiger partial charge in [-0.2, -0.15) is 48.7 Å². The second-order valence-corrected chi connectivity index (χ2v) is 2.73. The van der Waals surface area contributed by atoms with Crippen LogP contribution in [0.3, 0.4) is 0 Å². The molecular weight excluding hydrogens is 212 g/mol. The molecule has 2 aromatic rings. The van der Waals surface area contributed by atoms with Crippen molar-refractivity contribution in [1.29, 1.82) is 0 Å². The SMILES string of the molecule is C#Cc1ccc[c-]1C.[Fe+2].c1cc[cH-]c1. The average Bonchev–Trinajstić information content (AvgIpc) is 2.76. The Balaban J connectivity index is 0.000000246. The minimum atomic E-state index is 0. The van der Waals surface area contributed by atoms with E-state index in [0.29, 0.717) is 0 Å². The molecule has 14 heavy (non-hydrogen) atoms.